The predicted octanol–water partition coefficient (Wildman–Crippen LogP) is 4.42. The summed E-state index contributed by atoms with van der Waals surface area (Å²) in [6.45, 7) is 5.24. The van der Waals surface area contributed by atoms with Gasteiger partial charge in [0, 0.05) is 35.6 Å². The Balaban J connectivity index is 0.00000274. The van der Waals surface area contributed by atoms with Crippen LogP contribution >= 0.6 is 0 Å². The molecule has 0 saturated carbocycles. The number of carbonyl (C=O) groups excluding carboxylic acids is 1. The number of likely N-dealkylation sites (tertiary alicyclic amines) is 1. The number of ketones is 1. The van der Waals surface area contributed by atoms with Crippen LogP contribution in [0, 0.1) is 6.92 Å². The fourth-order valence-corrected chi connectivity index (χ4v) is 4.56. The molecule has 4 aromatic heterocycles. The molecule has 34 heavy (non-hydrogen) atoms. The molecule has 9 heteroatoms. The molecule has 1 saturated heterocycles. The number of nitrogens with two attached hydrogens (primary N) is 1. The molecule has 1 fully saturated rings. The summed E-state index contributed by atoms with van der Waals surface area (Å²) in [5, 5.41) is 0. The second-order valence-electron chi connectivity index (χ2n) is 8.98. The van der Waals surface area contributed by atoms with Crippen LogP contribution in [0.25, 0.3) is 28.5 Å². The largest absolute Gasteiger partial charge is 0.443 e. The molecule has 1 aliphatic heterocycles. The van der Waals surface area contributed by atoms with Crippen LogP contribution in [0.2, 0.25) is 0 Å². The molecule has 5 heterocycles. The lowest BCUT2D eigenvalue weighted by Crippen LogP contribution is -2.38. The van der Waals surface area contributed by atoms with E-state index in [1.807, 2.05) is 29.7 Å². The van der Waals surface area contributed by atoms with Crippen molar-refractivity contribution in [2.45, 2.75) is 52.5 Å². The van der Waals surface area contributed by atoms with Gasteiger partial charge in [-0.05, 0) is 58.8 Å². The number of carbonyl (C=O) groups is 1. The standard InChI is InChI=1S/C24H27N7O2.CH4/c1-15-13-27-18-6-5-16(14-31(15)18)19-21(23-26-10-12-33-23)29-22(25)20(28-19)17(32)7-9-24(2)8-4-11-30(24)3;/h5-6,10,12-14H,4,7-9,11H2,1-3H3,(H2,25,29);1H4. The monoisotopic (exact) mass is 461 g/mol. The van der Waals surface area contributed by atoms with E-state index >= 15 is 0 Å². The van der Waals surface area contributed by atoms with Gasteiger partial charge in [-0.15, -0.1) is 0 Å². The number of Topliss-reactive ketones (excluding diaryl/α,β-unsaturated/α-hetero) is 1. The second kappa shape index (κ2) is 8.98. The average molecular weight is 462 g/mol. The normalized spacial score (nSPS) is 18.3. The van der Waals surface area contributed by atoms with Gasteiger partial charge in [0.15, 0.2) is 17.3 Å². The van der Waals surface area contributed by atoms with Crippen molar-refractivity contribution < 1.29 is 9.21 Å². The maximum atomic E-state index is 13.2. The Morgan fingerprint density at radius 2 is 2.06 bits per heavy atom. The number of anilines is 1. The fraction of sp³-hybridized carbons (Fsp3) is 0.400. The van der Waals surface area contributed by atoms with Gasteiger partial charge in [0.25, 0.3) is 0 Å². The Kier molecular flexibility index (Phi) is 6.22. The Bertz CT molecular complexity index is 1330. The van der Waals surface area contributed by atoms with E-state index < -0.39 is 0 Å². The van der Waals surface area contributed by atoms with Crippen molar-refractivity contribution in [3.05, 3.63) is 48.4 Å². The zero-order chi connectivity index (χ0) is 23.2. The number of hydrogen-bond donors (Lipinski definition) is 1. The Morgan fingerprint density at radius 3 is 2.76 bits per heavy atom. The van der Waals surface area contributed by atoms with E-state index in [0.717, 1.165) is 42.7 Å². The topological polar surface area (TPSA) is 115 Å². The van der Waals surface area contributed by atoms with Gasteiger partial charge in [0.05, 0.1) is 6.20 Å². The average Bonchev–Trinajstić information content (AvgIpc) is 3.54. The summed E-state index contributed by atoms with van der Waals surface area (Å²) in [4.78, 5) is 33.4. The number of hydrogen-bond acceptors (Lipinski definition) is 8. The SMILES string of the molecule is C.Cc1cnc2ccc(-c3nc(C(=O)CCC4(C)CCCN4C)c(N)nc3-c3ncco3)cn12. The number of oxazole rings is 1. The maximum Gasteiger partial charge on any atom is 0.247 e. The number of nitrogen functional groups attached to an aromatic ring is 1. The van der Waals surface area contributed by atoms with Crippen molar-refractivity contribution in [2.24, 2.45) is 0 Å². The highest BCUT2D eigenvalue weighted by Gasteiger charge is 2.34. The molecule has 4 aromatic rings. The summed E-state index contributed by atoms with van der Waals surface area (Å²) in [6, 6.07) is 3.80. The number of pyridine rings is 1. The molecule has 1 aliphatic rings. The number of imidazole rings is 1. The van der Waals surface area contributed by atoms with Crippen molar-refractivity contribution in [1.82, 2.24) is 29.2 Å². The predicted molar refractivity (Wildman–Crippen MR) is 131 cm³/mol. The van der Waals surface area contributed by atoms with Gasteiger partial charge >= 0.3 is 0 Å². The molecule has 0 aliphatic carbocycles. The lowest BCUT2D eigenvalue weighted by molar-refractivity contribution is 0.0940. The molecule has 0 aromatic carbocycles. The van der Waals surface area contributed by atoms with Gasteiger partial charge in [0.1, 0.15) is 23.3 Å². The molecule has 2 N–H and O–H groups in total. The second-order valence-corrected chi connectivity index (χ2v) is 8.98. The van der Waals surface area contributed by atoms with Gasteiger partial charge in [-0.25, -0.2) is 19.9 Å². The fourth-order valence-electron chi connectivity index (χ4n) is 4.56. The van der Waals surface area contributed by atoms with Gasteiger partial charge < -0.3 is 19.5 Å². The maximum absolute atomic E-state index is 13.2. The molecule has 0 radical (unpaired) electrons. The minimum Gasteiger partial charge on any atom is -0.443 e. The Labute approximate surface area is 199 Å². The lowest BCUT2D eigenvalue weighted by Gasteiger charge is -2.32. The summed E-state index contributed by atoms with van der Waals surface area (Å²) in [6.07, 6.45) is 10.1. The molecule has 1 unspecified atom stereocenters. The number of rotatable bonds is 6. The van der Waals surface area contributed by atoms with E-state index in [2.05, 4.69) is 33.8 Å². The summed E-state index contributed by atoms with van der Waals surface area (Å²) in [5.41, 5.74) is 9.89. The number of aryl methyl sites for hydroxylation is 1. The Morgan fingerprint density at radius 1 is 1.24 bits per heavy atom. The van der Waals surface area contributed by atoms with Crippen LogP contribution in [0.3, 0.4) is 0 Å². The first-order chi connectivity index (χ1) is 15.9. The van der Waals surface area contributed by atoms with Gasteiger partial charge in [-0.1, -0.05) is 7.43 Å². The summed E-state index contributed by atoms with van der Waals surface area (Å²) in [7, 11) is 2.11. The molecule has 5 rings (SSSR count). The van der Waals surface area contributed by atoms with Crippen molar-refractivity contribution in [1.29, 1.82) is 0 Å². The van der Waals surface area contributed by atoms with E-state index in [0.29, 0.717) is 23.7 Å². The van der Waals surface area contributed by atoms with Crippen LogP contribution in [0.4, 0.5) is 5.82 Å². The third-order valence-corrected chi connectivity index (χ3v) is 6.81. The van der Waals surface area contributed by atoms with Crippen LogP contribution in [-0.2, 0) is 0 Å². The van der Waals surface area contributed by atoms with E-state index in [-0.39, 0.29) is 30.3 Å². The van der Waals surface area contributed by atoms with Crippen molar-refractivity contribution in [3.8, 4) is 22.8 Å². The molecule has 0 spiro atoms. The first kappa shape index (κ1) is 23.6. The van der Waals surface area contributed by atoms with Crippen LogP contribution in [0.5, 0.6) is 0 Å². The van der Waals surface area contributed by atoms with Crippen LogP contribution in [0.1, 0.15) is 56.2 Å². The highest BCUT2D eigenvalue weighted by molar-refractivity contribution is 5.99. The third kappa shape index (κ3) is 4.07. The summed E-state index contributed by atoms with van der Waals surface area (Å²) >= 11 is 0. The molecule has 178 valence electrons. The lowest BCUT2D eigenvalue weighted by atomic mass is 9.91. The highest BCUT2D eigenvalue weighted by atomic mass is 16.3. The van der Waals surface area contributed by atoms with Crippen molar-refractivity contribution in [2.75, 3.05) is 19.3 Å². The number of fused-ring (bicyclic) bond motifs is 1. The minimum absolute atomic E-state index is 0. The van der Waals surface area contributed by atoms with Gasteiger partial charge in [0.2, 0.25) is 5.89 Å². The molecule has 0 bridgehead atoms. The number of nitrogens with zero attached hydrogens (tertiary/aromatic N) is 6. The van der Waals surface area contributed by atoms with E-state index in [9.17, 15) is 4.79 Å². The molecular weight excluding hydrogens is 430 g/mol. The highest BCUT2D eigenvalue weighted by Crippen LogP contribution is 2.34. The van der Waals surface area contributed by atoms with Crippen molar-refractivity contribution in [3.63, 3.8) is 0 Å². The van der Waals surface area contributed by atoms with Crippen LogP contribution < -0.4 is 5.73 Å². The molecule has 9 nitrogen and oxygen atoms in total. The summed E-state index contributed by atoms with van der Waals surface area (Å²) < 4.78 is 7.46. The zero-order valence-electron chi connectivity index (χ0n) is 19.1. The Hall–Kier alpha value is -3.59. The van der Waals surface area contributed by atoms with Crippen molar-refractivity contribution >= 4 is 17.2 Å². The first-order valence-corrected chi connectivity index (χ1v) is 11.1. The zero-order valence-corrected chi connectivity index (χ0v) is 19.1. The molecular formula is C25H31N7O2. The van der Waals surface area contributed by atoms with E-state index in [1.54, 1.807) is 6.20 Å². The summed E-state index contributed by atoms with van der Waals surface area (Å²) in [5.74, 6) is 0.272. The van der Waals surface area contributed by atoms with Gasteiger partial charge in [-0.3, -0.25) is 4.79 Å². The van der Waals surface area contributed by atoms with E-state index in [1.165, 1.54) is 12.5 Å². The van der Waals surface area contributed by atoms with E-state index in [4.69, 9.17) is 15.1 Å². The van der Waals surface area contributed by atoms with Crippen LogP contribution in [-0.4, -0.2) is 54.2 Å². The number of aromatic nitrogens is 5. The molecule has 1 atom stereocenters. The van der Waals surface area contributed by atoms with Gasteiger partial charge in [-0.2, -0.15) is 0 Å². The minimum atomic E-state index is -0.110. The molecule has 0 amide bonds. The smallest absolute Gasteiger partial charge is 0.247 e. The third-order valence-electron chi connectivity index (χ3n) is 6.81. The quantitative estimate of drug-likeness (QED) is 0.420. The first-order valence-electron chi connectivity index (χ1n) is 11.1. The van der Waals surface area contributed by atoms with Crippen LogP contribution in [0.15, 0.2) is 41.4 Å².